The van der Waals surface area contributed by atoms with Crippen molar-refractivity contribution in [1.82, 2.24) is 10.6 Å². The molecule has 0 aromatic carbocycles. The second-order valence-corrected chi connectivity index (χ2v) is 1.35. The fourth-order valence-electron chi connectivity index (χ4n) is 0.267. The zero-order chi connectivity index (χ0) is 4.41. The van der Waals surface area contributed by atoms with Crippen molar-refractivity contribution in [3.63, 3.8) is 0 Å². The number of hydrogen-bond donors (Lipinski definition) is 2. The fraction of sp³-hybridized carbons (Fsp3) is 0. The molecule has 0 atom stereocenters. The Kier molecular flexibility index (Phi) is 0.881. The predicted octanol–water partition coefficient (Wildman–Crippen LogP) is 0.336. The molecule has 0 bridgehead atoms. The summed E-state index contributed by atoms with van der Waals surface area (Å²) in [7, 11) is 0. The molecule has 1 radical (unpaired) electrons. The lowest BCUT2D eigenvalue weighted by Crippen LogP contribution is -2.03. The van der Waals surface area contributed by atoms with E-state index in [-0.39, 0.29) is 0 Å². The third kappa shape index (κ3) is 0.571. The summed E-state index contributed by atoms with van der Waals surface area (Å²) in [6, 6.07) is 0. The fourth-order valence-corrected chi connectivity index (χ4v) is 0.385. The van der Waals surface area contributed by atoms with Gasteiger partial charge in [0.2, 0.25) is 0 Å². The van der Waals surface area contributed by atoms with Crippen LogP contribution in [0.4, 0.5) is 0 Å². The second-order valence-electron chi connectivity index (χ2n) is 0.948. The van der Waals surface area contributed by atoms with Crippen LogP contribution in [0.5, 0.6) is 0 Å². The Morgan fingerprint density at radius 1 is 1.67 bits per heavy atom. The number of hydrogen-bond acceptors (Lipinski definition) is 2. The molecule has 1 heterocycles. The average molecular weight is 104 g/mol. The van der Waals surface area contributed by atoms with E-state index in [1.807, 2.05) is 0 Å². The molecule has 0 aromatic rings. The van der Waals surface area contributed by atoms with Crippen molar-refractivity contribution >= 4 is 11.6 Å². The first-order valence-electron chi connectivity index (χ1n) is 1.59. The van der Waals surface area contributed by atoms with Crippen LogP contribution in [0.15, 0.2) is 11.4 Å². The molecular formula is C3H4ClN2. The molecule has 0 amide bonds. The van der Waals surface area contributed by atoms with E-state index < -0.39 is 0 Å². The van der Waals surface area contributed by atoms with Gasteiger partial charge in [0.05, 0.1) is 0 Å². The molecule has 2 nitrogen and oxygen atoms in total. The Balaban J connectivity index is 2.45. The Morgan fingerprint density at radius 3 is 2.67 bits per heavy atom. The van der Waals surface area contributed by atoms with Crippen LogP contribution in [0.1, 0.15) is 0 Å². The van der Waals surface area contributed by atoms with Crippen LogP contribution in [-0.2, 0) is 0 Å². The third-order valence-electron chi connectivity index (χ3n) is 0.503. The second kappa shape index (κ2) is 1.39. The van der Waals surface area contributed by atoms with Crippen molar-refractivity contribution in [2.75, 3.05) is 0 Å². The van der Waals surface area contributed by atoms with E-state index >= 15 is 0 Å². The molecule has 0 fully saturated rings. The first-order chi connectivity index (χ1) is 2.89. The Morgan fingerprint density at radius 2 is 2.50 bits per heavy atom. The maximum absolute atomic E-state index is 5.37. The summed E-state index contributed by atoms with van der Waals surface area (Å²) >= 11 is 5.37. The standard InChI is InChI=1S/C3H4ClN2/c4-3-1-5-2-6-3/h1-2,5-6H. The van der Waals surface area contributed by atoms with Gasteiger partial charge in [0, 0.05) is 6.20 Å². The van der Waals surface area contributed by atoms with E-state index in [0.29, 0.717) is 5.16 Å². The van der Waals surface area contributed by atoms with Gasteiger partial charge in [-0.05, 0) is 0 Å². The monoisotopic (exact) mass is 103 g/mol. The Bertz CT molecular complexity index is 78.9. The van der Waals surface area contributed by atoms with E-state index in [1.165, 1.54) is 0 Å². The lowest BCUT2D eigenvalue weighted by Gasteiger charge is -1.84. The van der Waals surface area contributed by atoms with Gasteiger partial charge in [-0.3, -0.25) is 0 Å². The minimum atomic E-state index is 0.634. The van der Waals surface area contributed by atoms with E-state index in [9.17, 15) is 0 Å². The summed E-state index contributed by atoms with van der Waals surface area (Å²) in [5.74, 6) is 0. The van der Waals surface area contributed by atoms with Crippen LogP contribution in [-0.4, -0.2) is 0 Å². The molecule has 0 saturated carbocycles. The maximum Gasteiger partial charge on any atom is 0.137 e. The summed E-state index contributed by atoms with van der Waals surface area (Å²) in [4.78, 5) is 0. The molecule has 0 aliphatic carbocycles. The van der Waals surface area contributed by atoms with Crippen LogP contribution in [0.25, 0.3) is 0 Å². The Hall–Kier alpha value is -0.370. The normalized spacial score (nSPS) is 18.5. The topological polar surface area (TPSA) is 24.1 Å². The van der Waals surface area contributed by atoms with Gasteiger partial charge in [-0.2, -0.15) is 0 Å². The molecule has 2 N–H and O–H groups in total. The van der Waals surface area contributed by atoms with Crippen LogP contribution >= 0.6 is 11.6 Å². The first kappa shape index (κ1) is 3.81. The smallest absolute Gasteiger partial charge is 0.137 e. The minimum absolute atomic E-state index is 0.634. The Labute approximate surface area is 41.2 Å². The van der Waals surface area contributed by atoms with Crippen molar-refractivity contribution in [2.24, 2.45) is 0 Å². The molecule has 0 unspecified atom stereocenters. The van der Waals surface area contributed by atoms with Crippen LogP contribution in [0.3, 0.4) is 0 Å². The van der Waals surface area contributed by atoms with E-state index in [2.05, 4.69) is 10.6 Å². The number of nitrogens with one attached hydrogen (secondary N) is 2. The van der Waals surface area contributed by atoms with Gasteiger partial charge in [-0.15, -0.1) is 0 Å². The van der Waals surface area contributed by atoms with E-state index in [0.717, 1.165) is 0 Å². The van der Waals surface area contributed by atoms with Crippen molar-refractivity contribution in [2.45, 2.75) is 0 Å². The van der Waals surface area contributed by atoms with Gasteiger partial charge >= 0.3 is 0 Å². The lowest BCUT2D eigenvalue weighted by atomic mass is 11.0. The molecule has 0 saturated heterocycles. The zero-order valence-electron chi connectivity index (χ0n) is 3.03. The molecule has 6 heavy (non-hydrogen) atoms. The zero-order valence-corrected chi connectivity index (χ0v) is 3.79. The van der Waals surface area contributed by atoms with Gasteiger partial charge in [0.1, 0.15) is 11.8 Å². The van der Waals surface area contributed by atoms with Gasteiger partial charge in [-0.1, -0.05) is 11.6 Å². The highest BCUT2D eigenvalue weighted by molar-refractivity contribution is 6.29. The van der Waals surface area contributed by atoms with Crippen molar-refractivity contribution in [3.8, 4) is 0 Å². The highest BCUT2D eigenvalue weighted by Crippen LogP contribution is 1.97. The summed E-state index contributed by atoms with van der Waals surface area (Å²) in [5, 5.41) is 6.09. The third-order valence-corrected chi connectivity index (χ3v) is 0.722. The highest BCUT2D eigenvalue weighted by Gasteiger charge is 1.93. The SMILES string of the molecule is ClC1=CN[CH]N1. The minimum Gasteiger partial charge on any atom is -0.366 e. The van der Waals surface area contributed by atoms with Gasteiger partial charge in [0.15, 0.2) is 0 Å². The van der Waals surface area contributed by atoms with Crippen molar-refractivity contribution in [1.29, 1.82) is 0 Å². The first-order valence-corrected chi connectivity index (χ1v) is 1.97. The summed E-state index contributed by atoms with van der Waals surface area (Å²) in [6.07, 6.45) is 1.67. The predicted molar refractivity (Wildman–Crippen MR) is 24.5 cm³/mol. The largest absolute Gasteiger partial charge is 0.366 e. The average Bonchev–Trinajstić information content (AvgIpc) is 1.86. The van der Waals surface area contributed by atoms with Crippen LogP contribution < -0.4 is 10.6 Å². The van der Waals surface area contributed by atoms with Gasteiger partial charge in [0.25, 0.3) is 0 Å². The maximum atomic E-state index is 5.37. The molecular weight excluding hydrogens is 99.5 g/mol. The number of halogens is 1. The van der Waals surface area contributed by atoms with Gasteiger partial charge < -0.3 is 10.6 Å². The molecule has 1 aliphatic rings. The molecule has 0 spiro atoms. The van der Waals surface area contributed by atoms with Crippen LogP contribution in [0, 0.1) is 6.67 Å². The van der Waals surface area contributed by atoms with E-state index in [1.54, 1.807) is 12.9 Å². The molecule has 33 valence electrons. The molecule has 1 rings (SSSR count). The van der Waals surface area contributed by atoms with Crippen LogP contribution in [0.2, 0.25) is 0 Å². The molecule has 1 aliphatic heterocycles. The molecule has 3 heteroatoms. The summed E-state index contributed by atoms with van der Waals surface area (Å²) < 4.78 is 0. The van der Waals surface area contributed by atoms with Gasteiger partial charge in [-0.25, -0.2) is 0 Å². The number of rotatable bonds is 0. The van der Waals surface area contributed by atoms with Crippen molar-refractivity contribution in [3.05, 3.63) is 18.0 Å². The summed E-state index contributed by atoms with van der Waals surface area (Å²) in [5.41, 5.74) is 0. The van der Waals surface area contributed by atoms with E-state index in [4.69, 9.17) is 11.6 Å². The quantitative estimate of drug-likeness (QED) is 0.432. The highest BCUT2D eigenvalue weighted by atomic mass is 35.5. The molecule has 0 aromatic heterocycles. The van der Waals surface area contributed by atoms with Crippen molar-refractivity contribution < 1.29 is 0 Å². The lowest BCUT2D eigenvalue weighted by molar-refractivity contribution is 0.973. The summed E-state index contributed by atoms with van der Waals surface area (Å²) in [6.45, 7) is 1.66.